The molecule has 0 spiro atoms. The van der Waals surface area contributed by atoms with Crippen molar-refractivity contribution >= 4 is 17.4 Å². The lowest BCUT2D eigenvalue weighted by atomic mass is 10.0. The van der Waals surface area contributed by atoms with Crippen LogP contribution in [0.3, 0.4) is 0 Å². The summed E-state index contributed by atoms with van der Waals surface area (Å²) in [5.41, 5.74) is 5.17. The van der Waals surface area contributed by atoms with Gasteiger partial charge in [-0.05, 0) is 36.6 Å². The molecule has 3 aliphatic rings. The van der Waals surface area contributed by atoms with E-state index in [9.17, 15) is 8.78 Å². The van der Waals surface area contributed by atoms with Crippen LogP contribution in [-0.4, -0.2) is 39.0 Å². The van der Waals surface area contributed by atoms with Crippen molar-refractivity contribution in [2.24, 2.45) is 16.1 Å². The summed E-state index contributed by atoms with van der Waals surface area (Å²) in [5.74, 6) is 0.546. The minimum atomic E-state index is -0.646. The standard InChI is InChI=1S/C20H21F2N7/c1-11(2)19-25-24-16-7-6-15(26-29(16)19)17-18(13-5-4-12(21)10-14(13)22)27-28-9-3-8-23-20(17)28/h4-7,10-11,19,23,25H,3,8-9H2,1-2H3. The predicted octanol–water partition coefficient (Wildman–Crippen LogP) is 3.12. The van der Waals surface area contributed by atoms with Gasteiger partial charge in [-0.15, -0.1) is 0 Å². The lowest BCUT2D eigenvalue weighted by Gasteiger charge is -2.27. The highest BCUT2D eigenvalue weighted by Crippen LogP contribution is 2.34. The summed E-state index contributed by atoms with van der Waals surface area (Å²) in [6, 6.07) is 3.56. The molecule has 7 nitrogen and oxygen atoms in total. The topological polar surface area (TPSA) is 69.8 Å². The van der Waals surface area contributed by atoms with Crippen molar-refractivity contribution in [1.82, 2.24) is 20.2 Å². The van der Waals surface area contributed by atoms with Crippen LogP contribution in [0.15, 0.2) is 40.6 Å². The van der Waals surface area contributed by atoms with E-state index >= 15 is 0 Å². The van der Waals surface area contributed by atoms with Gasteiger partial charge in [-0.1, -0.05) is 13.8 Å². The van der Waals surface area contributed by atoms with Crippen molar-refractivity contribution in [2.75, 3.05) is 11.9 Å². The molecule has 150 valence electrons. The van der Waals surface area contributed by atoms with Crippen molar-refractivity contribution in [3.05, 3.63) is 47.5 Å². The summed E-state index contributed by atoms with van der Waals surface area (Å²) >= 11 is 0. The Bertz CT molecular complexity index is 1070. The Morgan fingerprint density at radius 3 is 2.86 bits per heavy atom. The molecule has 0 fully saturated rings. The average molecular weight is 397 g/mol. The van der Waals surface area contributed by atoms with Crippen LogP contribution in [0.25, 0.3) is 11.3 Å². The summed E-state index contributed by atoms with van der Waals surface area (Å²) in [5, 5.41) is 19.0. The maximum atomic E-state index is 14.6. The molecule has 0 bridgehead atoms. The molecule has 1 aromatic carbocycles. The van der Waals surface area contributed by atoms with Crippen LogP contribution in [0.2, 0.25) is 0 Å². The van der Waals surface area contributed by atoms with E-state index < -0.39 is 11.6 Å². The van der Waals surface area contributed by atoms with Gasteiger partial charge in [0.15, 0.2) is 5.84 Å². The Morgan fingerprint density at radius 2 is 2.07 bits per heavy atom. The highest BCUT2D eigenvalue weighted by Gasteiger charge is 2.33. The second-order valence-electron chi connectivity index (χ2n) is 7.65. The maximum absolute atomic E-state index is 14.6. The predicted molar refractivity (Wildman–Crippen MR) is 107 cm³/mol. The second-order valence-corrected chi connectivity index (χ2v) is 7.65. The molecule has 29 heavy (non-hydrogen) atoms. The molecular weight excluding hydrogens is 376 g/mol. The van der Waals surface area contributed by atoms with E-state index in [2.05, 4.69) is 34.8 Å². The van der Waals surface area contributed by atoms with Gasteiger partial charge in [0.2, 0.25) is 0 Å². The van der Waals surface area contributed by atoms with Crippen LogP contribution in [-0.2, 0) is 6.54 Å². The molecule has 1 aromatic heterocycles. The van der Waals surface area contributed by atoms with Gasteiger partial charge in [0.1, 0.15) is 29.3 Å². The fourth-order valence-electron chi connectivity index (χ4n) is 3.83. The average Bonchev–Trinajstić information content (AvgIpc) is 3.28. The maximum Gasteiger partial charge on any atom is 0.170 e. The molecule has 0 amide bonds. The Labute approximate surface area is 166 Å². The van der Waals surface area contributed by atoms with E-state index in [1.807, 2.05) is 21.8 Å². The molecule has 3 aliphatic heterocycles. The first-order chi connectivity index (χ1) is 14.0. The number of anilines is 1. The minimum absolute atomic E-state index is 0.0599. The number of allylic oxidation sites excluding steroid dienone is 1. The lowest BCUT2D eigenvalue weighted by molar-refractivity contribution is 0.243. The third kappa shape index (κ3) is 2.88. The van der Waals surface area contributed by atoms with Crippen molar-refractivity contribution in [3.63, 3.8) is 0 Å². The number of amidine groups is 1. The Balaban J connectivity index is 1.67. The number of hydrogen-bond donors (Lipinski definition) is 2. The SMILES string of the molecule is CC(C)C1NN=C2C=CC(c3c(-c4ccc(F)cc4F)nn4c3NCCC4)=NN21. The van der Waals surface area contributed by atoms with Crippen LogP contribution in [0.4, 0.5) is 14.6 Å². The number of benzene rings is 1. The number of halogens is 2. The Morgan fingerprint density at radius 1 is 1.21 bits per heavy atom. The Hall–Kier alpha value is -3.23. The number of aryl methyl sites for hydroxylation is 1. The fraction of sp³-hybridized carbons (Fsp3) is 0.350. The summed E-state index contributed by atoms with van der Waals surface area (Å²) in [7, 11) is 0. The Kier molecular flexibility index (Phi) is 4.11. The van der Waals surface area contributed by atoms with Gasteiger partial charge in [0.05, 0.1) is 11.3 Å². The van der Waals surface area contributed by atoms with Crippen molar-refractivity contribution in [1.29, 1.82) is 0 Å². The molecule has 2 aromatic rings. The highest BCUT2D eigenvalue weighted by molar-refractivity contribution is 6.19. The van der Waals surface area contributed by atoms with Crippen molar-refractivity contribution in [2.45, 2.75) is 33.0 Å². The van der Waals surface area contributed by atoms with Gasteiger partial charge in [-0.2, -0.15) is 15.3 Å². The molecule has 1 atom stereocenters. The zero-order chi connectivity index (χ0) is 20.1. The molecule has 2 N–H and O–H groups in total. The number of aromatic nitrogens is 2. The van der Waals surface area contributed by atoms with Gasteiger partial charge in [0, 0.05) is 24.7 Å². The summed E-state index contributed by atoms with van der Waals surface area (Å²) < 4.78 is 29.9. The van der Waals surface area contributed by atoms with Crippen LogP contribution in [0.1, 0.15) is 25.8 Å². The van der Waals surface area contributed by atoms with E-state index in [1.165, 1.54) is 12.1 Å². The fourth-order valence-corrected chi connectivity index (χ4v) is 3.83. The van der Waals surface area contributed by atoms with Crippen molar-refractivity contribution < 1.29 is 8.78 Å². The zero-order valence-corrected chi connectivity index (χ0v) is 16.2. The van der Waals surface area contributed by atoms with E-state index in [0.29, 0.717) is 17.0 Å². The van der Waals surface area contributed by atoms with E-state index in [-0.39, 0.29) is 17.6 Å². The number of nitrogens with one attached hydrogen (secondary N) is 2. The number of hydrogen-bond acceptors (Lipinski definition) is 6. The third-order valence-electron chi connectivity index (χ3n) is 5.28. The van der Waals surface area contributed by atoms with Gasteiger partial charge in [0.25, 0.3) is 0 Å². The number of nitrogens with zero attached hydrogens (tertiary/aromatic N) is 5. The van der Waals surface area contributed by atoms with Crippen LogP contribution < -0.4 is 10.7 Å². The molecule has 0 aliphatic carbocycles. The van der Waals surface area contributed by atoms with E-state index in [1.54, 1.807) is 0 Å². The van der Waals surface area contributed by atoms with Gasteiger partial charge in [-0.25, -0.2) is 18.5 Å². The molecule has 4 heterocycles. The highest BCUT2D eigenvalue weighted by atomic mass is 19.1. The van der Waals surface area contributed by atoms with Gasteiger partial charge < -0.3 is 5.32 Å². The smallest absolute Gasteiger partial charge is 0.170 e. The second kappa shape index (κ2) is 6.68. The first kappa shape index (κ1) is 17.8. The third-order valence-corrected chi connectivity index (χ3v) is 5.28. The zero-order valence-electron chi connectivity index (χ0n) is 16.2. The van der Waals surface area contributed by atoms with E-state index in [4.69, 9.17) is 5.10 Å². The van der Waals surface area contributed by atoms with Crippen molar-refractivity contribution in [3.8, 4) is 11.3 Å². The van der Waals surface area contributed by atoms with Crippen LogP contribution in [0.5, 0.6) is 0 Å². The number of fused-ring (bicyclic) bond motifs is 2. The minimum Gasteiger partial charge on any atom is -0.370 e. The number of rotatable bonds is 3. The molecule has 5 rings (SSSR count). The molecule has 9 heteroatoms. The van der Waals surface area contributed by atoms with Crippen LogP contribution in [0, 0.1) is 17.6 Å². The van der Waals surface area contributed by atoms with E-state index in [0.717, 1.165) is 37.2 Å². The normalized spacial score (nSPS) is 20.0. The number of hydrazone groups is 2. The largest absolute Gasteiger partial charge is 0.370 e. The monoisotopic (exact) mass is 397 g/mol. The van der Waals surface area contributed by atoms with Gasteiger partial charge in [-0.3, -0.25) is 5.43 Å². The summed E-state index contributed by atoms with van der Waals surface area (Å²) in [6.07, 6.45) is 4.61. The first-order valence-corrected chi connectivity index (χ1v) is 9.72. The lowest BCUT2D eigenvalue weighted by Crippen LogP contribution is -2.41. The molecular formula is C20H21F2N7. The molecule has 0 saturated heterocycles. The summed E-state index contributed by atoms with van der Waals surface area (Å²) in [4.78, 5) is 0. The molecule has 0 radical (unpaired) electrons. The van der Waals surface area contributed by atoms with Gasteiger partial charge >= 0.3 is 0 Å². The first-order valence-electron chi connectivity index (χ1n) is 9.72. The molecule has 1 unspecified atom stereocenters. The summed E-state index contributed by atoms with van der Waals surface area (Å²) in [6.45, 7) is 5.70. The van der Waals surface area contributed by atoms with Crippen LogP contribution >= 0.6 is 0 Å². The quantitative estimate of drug-likeness (QED) is 0.835. The molecule has 0 saturated carbocycles.